The number of amides is 2. The van der Waals surface area contributed by atoms with Crippen LogP contribution in [-0.2, 0) is 9.59 Å². The van der Waals surface area contributed by atoms with Gasteiger partial charge < -0.3 is 10.6 Å². The number of hydrogen-bond donors (Lipinski definition) is 2. The fraction of sp³-hybridized carbons (Fsp3) is 0.778. The Morgan fingerprint density at radius 1 is 1.31 bits per heavy atom. The zero-order valence-corrected chi connectivity index (χ0v) is 9.52. The molecule has 0 radical (unpaired) electrons. The predicted octanol–water partition coefficient (Wildman–Crippen LogP) is 1.07. The van der Waals surface area contributed by atoms with Crippen molar-refractivity contribution < 1.29 is 22.8 Å². The van der Waals surface area contributed by atoms with Crippen LogP contribution in [0.4, 0.5) is 13.2 Å². The van der Waals surface area contributed by atoms with Gasteiger partial charge in [0.25, 0.3) is 0 Å². The van der Waals surface area contributed by atoms with E-state index in [-0.39, 0.29) is 6.41 Å². The standard InChI is InChI=1S/C5H7F3N2O2.C4H10/c6-5(7,8)2-10-4(12)1-9-3-11;1-4(2)3/h3H,1-2H2,(H,9,11)(H,10,12);4H,1-3H3. The molecule has 0 aliphatic carbocycles. The monoisotopic (exact) mass is 242 g/mol. The largest absolute Gasteiger partial charge is 0.405 e. The fourth-order valence-electron chi connectivity index (χ4n) is 0.396. The topological polar surface area (TPSA) is 58.2 Å². The van der Waals surface area contributed by atoms with E-state index in [9.17, 15) is 22.8 Å². The van der Waals surface area contributed by atoms with Gasteiger partial charge in [-0.1, -0.05) is 20.8 Å². The van der Waals surface area contributed by atoms with E-state index >= 15 is 0 Å². The molecule has 16 heavy (non-hydrogen) atoms. The third-order valence-corrected chi connectivity index (χ3v) is 0.832. The molecular weight excluding hydrogens is 225 g/mol. The second-order valence-electron chi connectivity index (χ2n) is 3.62. The first kappa shape index (κ1) is 17.1. The Bertz CT molecular complexity index is 203. The van der Waals surface area contributed by atoms with Gasteiger partial charge in [-0.05, 0) is 5.92 Å². The Labute approximate surface area is 92.6 Å². The van der Waals surface area contributed by atoms with E-state index in [2.05, 4.69) is 20.8 Å². The third kappa shape index (κ3) is 23.0. The Kier molecular flexibility index (Phi) is 9.63. The average molecular weight is 242 g/mol. The zero-order valence-electron chi connectivity index (χ0n) is 9.52. The van der Waals surface area contributed by atoms with Gasteiger partial charge in [-0.3, -0.25) is 9.59 Å². The summed E-state index contributed by atoms with van der Waals surface area (Å²) in [4.78, 5) is 20.0. The molecule has 96 valence electrons. The maximum absolute atomic E-state index is 11.4. The van der Waals surface area contributed by atoms with Crippen molar-refractivity contribution in [2.45, 2.75) is 26.9 Å². The van der Waals surface area contributed by atoms with Gasteiger partial charge in [-0.25, -0.2) is 0 Å². The van der Waals surface area contributed by atoms with E-state index in [0.29, 0.717) is 0 Å². The molecule has 0 heterocycles. The van der Waals surface area contributed by atoms with Gasteiger partial charge in [-0.2, -0.15) is 13.2 Å². The molecule has 0 aromatic rings. The van der Waals surface area contributed by atoms with Crippen LogP contribution in [0.2, 0.25) is 0 Å². The summed E-state index contributed by atoms with van der Waals surface area (Å²) in [6, 6.07) is 0. The van der Waals surface area contributed by atoms with Crippen molar-refractivity contribution in [3.05, 3.63) is 0 Å². The highest BCUT2D eigenvalue weighted by Crippen LogP contribution is 2.11. The molecule has 0 bridgehead atoms. The van der Waals surface area contributed by atoms with E-state index in [4.69, 9.17) is 0 Å². The van der Waals surface area contributed by atoms with Crippen LogP contribution in [0.15, 0.2) is 0 Å². The summed E-state index contributed by atoms with van der Waals surface area (Å²) in [5, 5.41) is 3.50. The maximum Gasteiger partial charge on any atom is 0.405 e. The first-order valence-corrected chi connectivity index (χ1v) is 4.69. The highest BCUT2D eigenvalue weighted by atomic mass is 19.4. The van der Waals surface area contributed by atoms with Crippen LogP contribution in [0.3, 0.4) is 0 Å². The van der Waals surface area contributed by atoms with Crippen LogP contribution in [0, 0.1) is 5.92 Å². The molecule has 2 N–H and O–H groups in total. The molecule has 0 saturated carbocycles. The lowest BCUT2D eigenvalue weighted by molar-refractivity contribution is -0.138. The minimum Gasteiger partial charge on any atom is -0.350 e. The molecule has 4 nitrogen and oxygen atoms in total. The Hall–Kier alpha value is -1.27. The van der Waals surface area contributed by atoms with Crippen LogP contribution in [0.5, 0.6) is 0 Å². The fourth-order valence-corrected chi connectivity index (χ4v) is 0.396. The summed E-state index contributed by atoms with van der Waals surface area (Å²) in [6.07, 6.45) is -4.19. The van der Waals surface area contributed by atoms with Gasteiger partial charge >= 0.3 is 6.18 Å². The van der Waals surface area contributed by atoms with Crippen molar-refractivity contribution in [3.8, 4) is 0 Å². The summed E-state index contributed by atoms with van der Waals surface area (Å²) < 4.78 is 34.3. The van der Waals surface area contributed by atoms with Gasteiger partial charge in [0, 0.05) is 0 Å². The van der Waals surface area contributed by atoms with E-state index < -0.39 is 25.2 Å². The SMILES string of the molecule is CC(C)C.O=CNCC(=O)NCC(F)(F)F. The molecule has 0 spiro atoms. The second kappa shape index (κ2) is 8.99. The average Bonchev–Trinajstić information content (AvgIpc) is 2.09. The van der Waals surface area contributed by atoms with Crippen molar-refractivity contribution in [1.82, 2.24) is 10.6 Å². The van der Waals surface area contributed by atoms with Gasteiger partial charge in [0.05, 0.1) is 6.54 Å². The van der Waals surface area contributed by atoms with E-state index in [1.807, 2.05) is 5.32 Å². The first-order valence-electron chi connectivity index (χ1n) is 4.69. The van der Waals surface area contributed by atoms with Gasteiger partial charge in [0.2, 0.25) is 12.3 Å². The molecule has 0 atom stereocenters. The van der Waals surface area contributed by atoms with E-state index in [1.165, 1.54) is 0 Å². The highest BCUT2D eigenvalue weighted by Gasteiger charge is 2.27. The van der Waals surface area contributed by atoms with Crippen LogP contribution in [0.25, 0.3) is 0 Å². The lowest BCUT2D eigenvalue weighted by Crippen LogP contribution is -2.38. The molecule has 0 aromatic heterocycles. The molecule has 7 heteroatoms. The Balaban J connectivity index is 0. The number of carbonyl (C=O) groups excluding carboxylic acids is 2. The van der Waals surface area contributed by atoms with Gasteiger partial charge in [0.1, 0.15) is 6.54 Å². The summed E-state index contributed by atoms with van der Waals surface area (Å²) in [7, 11) is 0. The van der Waals surface area contributed by atoms with Gasteiger partial charge in [-0.15, -0.1) is 0 Å². The molecule has 0 aliphatic heterocycles. The molecule has 2 amide bonds. The minimum absolute atomic E-state index is 0.229. The summed E-state index contributed by atoms with van der Waals surface area (Å²) in [5.41, 5.74) is 0. The summed E-state index contributed by atoms with van der Waals surface area (Å²) >= 11 is 0. The molecule has 0 saturated heterocycles. The van der Waals surface area contributed by atoms with E-state index in [0.717, 1.165) is 5.92 Å². The van der Waals surface area contributed by atoms with Crippen LogP contribution in [0.1, 0.15) is 20.8 Å². The molecule has 0 fully saturated rings. The lowest BCUT2D eigenvalue weighted by Gasteiger charge is -2.07. The number of rotatable bonds is 4. The summed E-state index contributed by atoms with van der Waals surface area (Å²) in [6.45, 7) is 4.67. The highest BCUT2D eigenvalue weighted by molar-refractivity contribution is 5.79. The molecular formula is C9H17F3N2O2. The van der Waals surface area contributed by atoms with Crippen LogP contribution >= 0.6 is 0 Å². The number of nitrogens with one attached hydrogen (secondary N) is 2. The van der Waals surface area contributed by atoms with E-state index in [1.54, 1.807) is 5.32 Å². The number of alkyl halides is 3. The smallest absolute Gasteiger partial charge is 0.350 e. The second-order valence-corrected chi connectivity index (χ2v) is 3.62. The Morgan fingerprint density at radius 2 is 1.75 bits per heavy atom. The van der Waals surface area contributed by atoms with Crippen molar-refractivity contribution >= 4 is 12.3 Å². The summed E-state index contributed by atoms with van der Waals surface area (Å²) in [5.74, 6) is -0.0422. The van der Waals surface area contributed by atoms with Crippen LogP contribution < -0.4 is 10.6 Å². The Morgan fingerprint density at radius 3 is 2.06 bits per heavy atom. The molecule has 0 aromatic carbocycles. The van der Waals surface area contributed by atoms with Gasteiger partial charge in [0.15, 0.2) is 0 Å². The first-order chi connectivity index (χ1) is 7.19. The zero-order chi connectivity index (χ0) is 13.2. The molecule has 0 unspecified atom stereocenters. The van der Waals surface area contributed by atoms with Crippen LogP contribution in [-0.4, -0.2) is 31.6 Å². The quantitative estimate of drug-likeness (QED) is 0.724. The number of carbonyl (C=O) groups is 2. The van der Waals surface area contributed by atoms with Crippen molar-refractivity contribution in [2.75, 3.05) is 13.1 Å². The normalized spacial score (nSPS) is 10.2. The number of halogens is 3. The molecule has 0 aliphatic rings. The minimum atomic E-state index is -4.42. The van der Waals surface area contributed by atoms with Crippen molar-refractivity contribution in [3.63, 3.8) is 0 Å². The lowest BCUT2D eigenvalue weighted by atomic mass is 10.3. The van der Waals surface area contributed by atoms with Crippen molar-refractivity contribution in [2.24, 2.45) is 5.92 Å². The third-order valence-electron chi connectivity index (χ3n) is 0.832. The molecule has 0 rings (SSSR count). The number of hydrogen-bond acceptors (Lipinski definition) is 2. The maximum atomic E-state index is 11.4. The predicted molar refractivity (Wildman–Crippen MR) is 53.6 cm³/mol. The van der Waals surface area contributed by atoms with Crippen molar-refractivity contribution in [1.29, 1.82) is 0 Å².